The molecule has 7 unspecified atom stereocenters. The number of alkyl halides is 3. The maximum Gasteiger partial charge on any atom is 0.416 e. The third-order valence-electron chi connectivity index (χ3n) is 8.38. The van der Waals surface area contributed by atoms with E-state index in [4.69, 9.17) is 23.8 Å². The molecule has 1 N–H and O–H groups in total. The molecule has 3 fully saturated rings. The van der Waals surface area contributed by atoms with Gasteiger partial charge >= 0.3 is 6.18 Å². The van der Waals surface area contributed by atoms with Gasteiger partial charge in [0.1, 0.15) is 0 Å². The number of aromatic amines is 1. The molecule has 2 aliphatic carbocycles. The van der Waals surface area contributed by atoms with Gasteiger partial charge in [0.2, 0.25) is 11.8 Å². The Morgan fingerprint density at radius 1 is 1.03 bits per heavy atom. The molecule has 11 heteroatoms. The highest BCUT2D eigenvalue weighted by Gasteiger charge is 2.69. The average Bonchev–Trinajstić information content (AvgIpc) is 3.58. The number of benzene rings is 2. The van der Waals surface area contributed by atoms with Gasteiger partial charge in [0.25, 0.3) is 0 Å². The van der Waals surface area contributed by atoms with Crippen molar-refractivity contribution in [3.05, 3.63) is 73.5 Å². The molecule has 3 aromatic rings. The van der Waals surface area contributed by atoms with Crippen LogP contribution < -0.4 is 4.90 Å². The molecule has 0 spiro atoms. The van der Waals surface area contributed by atoms with Gasteiger partial charge in [-0.05, 0) is 72.3 Å². The number of halogens is 4. The monoisotopic (exact) mass is 578 g/mol. The third-order valence-corrected chi connectivity index (χ3v) is 11.6. The minimum Gasteiger partial charge on any atom is -0.332 e. The minimum absolute atomic E-state index is 0.00192. The van der Waals surface area contributed by atoms with E-state index < -0.39 is 23.6 Å². The maximum atomic E-state index is 13.7. The van der Waals surface area contributed by atoms with Gasteiger partial charge < -0.3 is 4.98 Å². The van der Waals surface area contributed by atoms with Crippen molar-refractivity contribution in [3.63, 3.8) is 0 Å². The Balaban J connectivity index is 1.30. The Labute approximate surface area is 228 Å². The van der Waals surface area contributed by atoms with E-state index in [0.29, 0.717) is 8.98 Å². The number of nitrogens with one attached hydrogen (secondary N) is 1. The molecular weight excluding hydrogens is 561 g/mol. The number of H-pyrrole nitrogens is 1. The largest absolute Gasteiger partial charge is 0.416 e. The standard InChI is InChI=1S/C26H18ClF3N2O2S3/c27-12-6-4-10(5-7-12)16-17-14-9-15(20(17)36-22-21(16)37-25(35)31-22)19-18(14)23(33)32(24(19)34)13-3-1-2-11(8-13)26(28,29)30/h1-8,14-20H,9H2,(H,31,35). The fraction of sp³-hybridized carbons (Fsp3) is 0.346. The Kier molecular flexibility index (Phi) is 5.29. The number of imide groups is 1. The Morgan fingerprint density at radius 3 is 2.43 bits per heavy atom. The number of fused-ring (bicyclic) bond motifs is 9. The van der Waals surface area contributed by atoms with E-state index in [2.05, 4.69) is 4.98 Å². The van der Waals surface area contributed by atoms with Crippen molar-refractivity contribution >= 4 is 64.4 Å². The van der Waals surface area contributed by atoms with Crippen molar-refractivity contribution in [3.8, 4) is 0 Å². The number of hydrogen-bond acceptors (Lipinski definition) is 5. The van der Waals surface area contributed by atoms with E-state index in [-0.39, 0.29) is 46.4 Å². The van der Waals surface area contributed by atoms with Gasteiger partial charge in [0, 0.05) is 21.1 Å². The zero-order valence-electron chi connectivity index (χ0n) is 18.9. The first kappa shape index (κ1) is 23.9. The van der Waals surface area contributed by atoms with E-state index in [1.54, 1.807) is 11.8 Å². The molecule has 4 nitrogen and oxygen atoms in total. The number of carbonyl (C=O) groups excluding carboxylic acids is 2. The second kappa shape index (κ2) is 8.18. The zero-order chi connectivity index (χ0) is 25.8. The van der Waals surface area contributed by atoms with Gasteiger partial charge in [0.15, 0.2) is 3.95 Å². The van der Waals surface area contributed by atoms with Crippen LogP contribution in [0.1, 0.15) is 28.3 Å². The van der Waals surface area contributed by atoms with Gasteiger partial charge in [-0.1, -0.05) is 29.8 Å². The summed E-state index contributed by atoms with van der Waals surface area (Å²) >= 11 is 14.9. The van der Waals surface area contributed by atoms with Crippen LogP contribution in [0.25, 0.3) is 0 Å². The smallest absolute Gasteiger partial charge is 0.332 e. The van der Waals surface area contributed by atoms with Crippen molar-refractivity contribution in [1.29, 1.82) is 0 Å². The molecule has 4 aliphatic rings. The van der Waals surface area contributed by atoms with Crippen LogP contribution in [0.2, 0.25) is 5.02 Å². The Hall–Kier alpha value is -2.14. The molecule has 1 aromatic heterocycles. The molecule has 2 amide bonds. The summed E-state index contributed by atoms with van der Waals surface area (Å²) in [5.74, 6) is -1.80. The van der Waals surface area contributed by atoms with Crippen LogP contribution in [0.5, 0.6) is 0 Å². The fourth-order valence-electron chi connectivity index (χ4n) is 7.14. The van der Waals surface area contributed by atoms with Crippen molar-refractivity contribution in [2.24, 2.45) is 29.6 Å². The minimum atomic E-state index is -4.56. The quantitative estimate of drug-likeness (QED) is 0.259. The second-order valence-corrected chi connectivity index (χ2v) is 13.4. The van der Waals surface area contributed by atoms with Crippen LogP contribution in [0, 0.1) is 33.5 Å². The van der Waals surface area contributed by atoms with Crippen molar-refractivity contribution in [2.75, 3.05) is 4.90 Å². The second-order valence-electron chi connectivity index (χ2n) is 10.1. The van der Waals surface area contributed by atoms with Gasteiger partial charge in [-0.3, -0.25) is 14.5 Å². The molecule has 1 saturated heterocycles. The van der Waals surface area contributed by atoms with E-state index in [0.717, 1.165) is 38.9 Å². The number of thioether (sulfide) groups is 1. The number of carbonyl (C=O) groups is 2. The maximum absolute atomic E-state index is 13.7. The molecule has 2 aliphatic heterocycles. The summed E-state index contributed by atoms with van der Waals surface area (Å²) in [6, 6.07) is 12.2. The highest BCUT2D eigenvalue weighted by atomic mass is 35.5. The van der Waals surface area contributed by atoms with Crippen LogP contribution in [0.3, 0.4) is 0 Å². The van der Waals surface area contributed by atoms with Crippen molar-refractivity contribution < 1.29 is 22.8 Å². The first-order valence-electron chi connectivity index (χ1n) is 11.8. The first-order valence-corrected chi connectivity index (χ1v) is 14.3. The third kappa shape index (κ3) is 3.45. The fourth-order valence-corrected chi connectivity index (χ4v) is 10.6. The number of thiazole rings is 1. The number of hydrogen-bond donors (Lipinski definition) is 1. The predicted molar refractivity (Wildman–Crippen MR) is 138 cm³/mol. The SMILES string of the molecule is O=C1C2C3CC(C2C(=O)N1c1cccc(C(F)(F)F)c1)C1C(c2ccc(Cl)cc2)c2sc(=S)[nH]c2SC31. The molecule has 2 bridgehead atoms. The molecule has 2 aromatic carbocycles. The van der Waals surface area contributed by atoms with E-state index in [1.807, 2.05) is 24.3 Å². The lowest BCUT2D eigenvalue weighted by atomic mass is 9.68. The number of nitrogens with zero attached hydrogens (tertiary/aromatic N) is 1. The molecular formula is C26H18ClF3N2O2S3. The van der Waals surface area contributed by atoms with E-state index >= 15 is 0 Å². The summed E-state index contributed by atoms with van der Waals surface area (Å²) in [7, 11) is 0. The summed E-state index contributed by atoms with van der Waals surface area (Å²) < 4.78 is 40.8. The molecule has 190 valence electrons. The van der Waals surface area contributed by atoms with E-state index in [1.165, 1.54) is 23.5 Å². The number of rotatable bonds is 2. The number of amides is 2. The van der Waals surface area contributed by atoms with Crippen molar-refractivity contribution in [2.45, 2.75) is 28.8 Å². The molecule has 7 rings (SSSR count). The molecule has 7 atom stereocenters. The summed E-state index contributed by atoms with van der Waals surface area (Å²) in [5.41, 5.74) is 0.200. The van der Waals surface area contributed by atoms with Gasteiger partial charge in [-0.25, -0.2) is 0 Å². The van der Waals surface area contributed by atoms with Crippen LogP contribution in [-0.4, -0.2) is 22.0 Å². The van der Waals surface area contributed by atoms with Crippen molar-refractivity contribution in [1.82, 2.24) is 4.98 Å². The molecule has 0 radical (unpaired) electrons. The summed E-state index contributed by atoms with van der Waals surface area (Å²) in [6.07, 6.45) is -3.81. The predicted octanol–water partition coefficient (Wildman–Crippen LogP) is 7.16. The first-order chi connectivity index (χ1) is 17.6. The van der Waals surface area contributed by atoms with Crippen LogP contribution in [0.15, 0.2) is 53.6 Å². The highest BCUT2D eigenvalue weighted by Crippen LogP contribution is 2.69. The van der Waals surface area contributed by atoms with Gasteiger partial charge in [-0.2, -0.15) is 13.2 Å². The van der Waals surface area contributed by atoms with Gasteiger partial charge in [0.05, 0.1) is 28.1 Å². The lowest BCUT2D eigenvalue weighted by Gasteiger charge is -2.43. The Morgan fingerprint density at radius 2 is 1.73 bits per heavy atom. The lowest BCUT2D eigenvalue weighted by Crippen LogP contribution is -2.42. The highest BCUT2D eigenvalue weighted by molar-refractivity contribution is 8.00. The molecule has 3 heterocycles. The number of aromatic nitrogens is 1. The lowest BCUT2D eigenvalue weighted by molar-refractivity contribution is -0.137. The molecule has 37 heavy (non-hydrogen) atoms. The number of anilines is 1. The average molecular weight is 579 g/mol. The van der Waals surface area contributed by atoms with Crippen LogP contribution in [-0.2, 0) is 15.8 Å². The Bertz CT molecular complexity index is 1520. The summed E-state index contributed by atoms with van der Waals surface area (Å²) in [6.45, 7) is 0. The zero-order valence-corrected chi connectivity index (χ0v) is 22.1. The van der Waals surface area contributed by atoms with E-state index in [9.17, 15) is 22.8 Å². The van der Waals surface area contributed by atoms with Gasteiger partial charge in [-0.15, -0.1) is 23.1 Å². The normalized spacial score (nSPS) is 32.0. The van der Waals surface area contributed by atoms with Crippen LogP contribution in [0.4, 0.5) is 18.9 Å². The molecule has 2 saturated carbocycles. The summed E-state index contributed by atoms with van der Waals surface area (Å²) in [5, 5.41) is 1.73. The topological polar surface area (TPSA) is 53.2 Å². The summed E-state index contributed by atoms with van der Waals surface area (Å²) in [4.78, 5) is 32.8. The van der Waals surface area contributed by atoms with Crippen LogP contribution >= 0.6 is 46.9 Å².